The van der Waals surface area contributed by atoms with Crippen molar-refractivity contribution in [3.05, 3.63) is 11.8 Å². The summed E-state index contributed by atoms with van der Waals surface area (Å²) in [5, 5.41) is 8.20. The van der Waals surface area contributed by atoms with Gasteiger partial charge < -0.3 is 15.0 Å². The minimum atomic E-state index is 0.0541. The number of rotatable bonds is 3. The van der Waals surface area contributed by atoms with Gasteiger partial charge >= 0.3 is 0 Å². The molecule has 6 nitrogen and oxygen atoms in total. The second kappa shape index (κ2) is 4.97. The molecule has 3 heterocycles. The lowest BCUT2D eigenvalue weighted by Crippen LogP contribution is -2.49. The summed E-state index contributed by atoms with van der Waals surface area (Å²) < 4.78 is 7.59. The molecule has 0 bridgehead atoms. The normalized spacial score (nSPS) is 34.2. The van der Waals surface area contributed by atoms with Crippen LogP contribution in [0.1, 0.15) is 49.1 Å². The number of fused-ring (bicyclic) bond motifs is 1. The van der Waals surface area contributed by atoms with E-state index in [-0.39, 0.29) is 11.9 Å². The molecule has 3 fully saturated rings. The minimum Gasteiger partial charge on any atom is -0.377 e. The Morgan fingerprint density at radius 2 is 2.04 bits per heavy atom. The second-order valence-electron chi connectivity index (χ2n) is 7.61. The quantitative estimate of drug-likeness (QED) is 0.920. The van der Waals surface area contributed by atoms with Crippen LogP contribution < -0.4 is 10.2 Å². The van der Waals surface area contributed by atoms with Crippen molar-refractivity contribution in [2.75, 3.05) is 24.7 Å². The predicted octanol–water partition coefficient (Wildman–Crippen LogP) is 1.58. The van der Waals surface area contributed by atoms with E-state index in [1.807, 2.05) is 6.07 Å². The Labute approximate surface area is 136 Å². The molecule has 1 saturated heterocycles. The van der Waals surface area contributed by atoms with E-state index >= 15 is 0 Å². The molecule has 6 heteroatoms. The first-order chi connectivity index (χ1) is 11.2. The smallest absolute Gasteiger partial charge is 0.269 e. The number of carbonyl (C=O) groups is 1. The first-order valence-corrected chi connectivity index (χ1v) is 8.97. The molecule has 1 N–H and O–H groups in total. The summed E-state index contributed by atoms with van der Waals surface area (Å²) in [7, 11) is 0. The lowest BCUT2D eigenvalue weighted by atomic mass is 9.96. The van der Waals surface area contributed by atoms with Gasteiger partial charge in [-0.1, -0.05) is 0 Å². The van der Waals surface area contributed by atoms with Crippen LogP contribution in [0.15, 0.2) is 6.07 Å². The second-order valence-corrected chi connectivity index (χ2v) is 7.61. The number of morpholine rings is 1. The average Bonchev–Trinajstić information content (AvgIpc) is 3.44. The molecule has 2 aliphatic heterocycles. The highest BCUT2D eigenvalue weighted by atomic mass is 16.5. The zero-order valence-electron chi connectivity index (χ0n) is 13.6. The number of hydrogen-bond donors (Lipinski definition) is 1. The van der Waals surface area contributed by atoms with Gasteiger partial charge in [0.1, 0.15) is 5.69 Å². The maximum Gasteiger partial charge on any atom is 0.269 e. The molecule has 0 unspecified atom stereocenters. The van der Waals surface area contributed by atoms with Gasteiger partial charge in [0.2, 0.25) is 0 Å². The largest absolute Gasteiger partial charge is 0.377 e. The number of hydrogen-bond acceptors (Lipinski definition) is 4. The van der Waals surface area contributed by atoms with Crippen LogP contribution in [0.3, 0.4) is 0 Å². The Morgan fingerprint density at radius 1 is 1.26 bits per heavy atom. The molecule has 0 spiro atoms. The number of anilines is 1. The van der Waals surface area contributed by atoms with Crippen molar-refractivity contribution in [3.8, 4) is 0 Å². The molecule has 4 aliphatic rings. The maximum atomic E-state index is 12.6. The van der Waals surface area contributed by atoms with Gasteiger partial charge in [0.25, 0.3) is 5.91 Å². The zero-order chi connectivity index (χ0) is 15.6. The molecular weight excluding hydrogens is 292 g/mol. The number of nitrogens with zero attached hydrogens (tertiary/aromatic N) is 3. The van der Waals surface area contributed by atoms with Crippen molar-refractivity contribution < 1.29 is 9.53 Å². The van der Waals surface area contributed by atoms with Crippen molar-refractivity contribution in [2.24, 2.45) is 11.8 Å². The van der Waals surface area contributed by atoms with Crippen molar-refractivity contribution in [3.63, 3.8) is 0 Å². The van der Waals surface area contributed by atoms with E-state index in [1.54, 1.807) is 0 Å². The molecule has 3 atom stereocenters. The van der Waals surface area contributed by atoms with E-state index in [9.17, 15) is 4.79 Å². The highest BCUT2D eigenvalue weighted by Gasteiger charge is 2.49. The molecule has 1 amide bonds. The lowest BCUT2D eigenvalue weighted by molar-refractivity contribution is 0.0844. The molecule has 0 radical (unpaired) electrons. The predicted molar refractivity (Wildman–Crippen MR) is 85.6 cm³/mol. The Kier molecular flexibility index (Phi) is 2.99. The molecular formula is C17H24N4O2. The van der Waals surface area contributed by atoms with Crippen LogP contribution in [0.2, 0.25) is 0 Å². The molecule has 5 rings (SSSR count). The number of nitrogens with one attached hydrogen (secondary N) is 1. The third kappa shape index (κ3) is 2.26. The van der Waals surface area contributed by atoms with Gasteiger partial charge in [-0.25, -0.2) is 0 Å². The average molecular weight is 316 g/mol. The SMILES string of the molecule is C[C@@H]1COCCN1c1cc2n(n1)[C@@H](C1CC1)[C@@H](C1CC1)NC2=O. The fraction of sp³-hybridized carbons (Fsp3) is 0.765. The van der Waals surface area contributed by atoms with Crippen LogP contribution in [0, 0.1) is 11.8 Å². The Balaban J connectivity index is 1.52. The first-order valence-electron chi connectivity index (χ1n) is 8.97. The van der Waals surface area contributed by atoms with Gasteiger partial charge in [-0.05, 0) is 44.4 Å². The molecule has 23 heavy (non-hydrogen) atoms. The minimum absolute atomic E-state index is 0.0541. The van der Waals surface area contributed by atoms with E-state index in [0.717, 1.165) is 31.3 Å². The van der Waals surface area contributed by atoms with Crippen molar-refractivity contribution >= 4 is 11.7 Å². The molecule has 2 aliphatic carbocycles. The molecule has 1 aromatic rings. The molecule has 1 aromatic heterocycles. The van der Waals surface area contributed by atoms with Crippen molar-refractivity contribution in [2.45, 2.75) is 50.7 Å². The maximum absolute atomic E-state index is 12.6. The summed E-state index contributed by atoms with van der Waals surface area (Å²) in [5.41, 5.74) is 0.743. The summed E-state index contributed by atoms with van der Waals surface area (Å²) in [4.78, 5) is 14.9. The van der Waals surface area contributed by atoms with Gasteiger partial charge in [0, 0.05) is 12.6 Å². The van der Waals surface area contributed by atoms with Gasteiger partial charge in [0.15, 0.2) is 5.82 Å². The molecule has 0 aromatic carbocycles. The van der Waals surface area contributed by atoms with Crippen LogP contribution >= 0.6 is 0 Å². The van der Waals surface area contributed by atoms with Crippen LogP contribution in [-0.4, -0.2) is 47.5 Å². The summed E-state index contributed by atoms with van der Waals surface area (Å²) >= 11 is 0. The summed E-state index contributed by atoms with van der Waals surface area (Å²) in [6, 6.07) is 2.94. The first kappa shape index (κ1) is 13.8. The van der Waals surface area contributed by atoms with Gasteiger partial charge in [-0.2, -0.15) is 5.10 Å². The van der Waals surface area contributed by atoms with Gasteiger partial charge in [0.05, 0.1) is 31.3 Å². The number of carbonyl (C=O) groups excluding carboxylic acids is 1. The van der Waals surface area contributed by atoms with E-state index in [4.69, 9.17) is 9.84 Å². The summed E-state index contributed by atoms with van der Waals surface area (Å²) in [6.45, 7) is 4.46. The van der Waals surface area contributed by atoms with Crippen LogP contribution in [0.4, 0.5) is 5.82 Å². The third-order valence-corrected chi connectivity index (χ3v) is 5.80. The van der Waals surface area contributed by atoms with E-state index in [1.165, 1.54) is 25.7 Å². The van der Waals surface area contributed by atoms with Gasteiger partial charge in [-0.15, -0.1) is 0 Å². The van der Waals surface area contributed by atoms with Crippen molar-refractivity contribution in [1.82, 2.24) is 15.1 Å². The number of amides is 1. The van der Waals surface area contributed by atoms with Crippen molar-refractivity contribution in [1.29, 1.82) is 0 Å². The van der Waals surface area contributed by atoms with Crippen LogP contribution in [0.25, 0.3) is 0 Å². The Hall–Kier alpha value is -1.56. The van der Waals surface area contributed by atoms with E-state index in [2.05, 4.69) is 21.8 Å². The Bertz CT molecular complexity index is 635. The molecule has 124 valence electrons. The fourth-order valence-corrected chi connectivity index (χ4v) is 4.23. The fourth-order valence-electron chi connectivity index (χ4n) is 4.23. The highest BCUT2D eigenvalue weighted by molar-refractivity contribution is 5.94. The zero-order valence-corrected chi connectivity index (χ0v) is 13.6. The summed E-state index contributed by atoms with van der Waals surface area (Å²) in [6.07, 6.45) is 5.04. The number of aromatic nitrogens is 2. The Morgan fingerprint density at radius 3 is 2.74 bits per heavy atom. The summed E-state index contributed by atoms with van der Waals surface area (Å²) in [5.74, 6) is 2.34. The van der Waals surface area contributed by atoms with E-state index in [0.29, 0.717) is 23.9 Å². The van der Waals surface area contributed by atoms with E-state index < -0.39 is 0 Å². The van der Waals surface area contributed by atoms with Crippen LogP contribution in [-0.2, 0) is 4.74 Å². The molecule has 2 saturated carbocycles. The monoisotopic (exact) mass is 316 g/mol. The topological polar surface area (TPSA) is 59.4 Å². The van der Waals surface area contributed by atoms with Gasteiger partial charge in [-0.3, -0.25) is 9.48 Å². The van der Waals surface area contributed by atoms with Crippen LogP contribution in [0.5, 0.6) is 0 Å². The number of ether oxygens (including phenoxy) is 1. The third-order valence-electron chi connectivity index (χ3n) is 5.80. The highest BCUT2D eigenvalue weighted by Crippen LogP contribution is 2.49. The lowest BCUT2D eigenvalue weighted by Gasteiger charge is -2.34. The standard InChI is InChI=1S/C17H24N4O2/c1-10-9-23-7-6-20(10)14-8-13-17(22)18-15(11-2-3-11)16(12-4-5-12)21(13)19-14/h8,10-12,15-16H,2-7,9H2,1H3,(H,18,22)/t10-,15-,16+/m1/s1.